The van der Waals surface area contributed by atoms with Crippen LogP contribution in [0.3, 0.4) is 0 Å². The molecule has 0 radical (unpaired) electrons. The second-order valence-electron chi connectivity index (χ2n) is 6.25. The van der Waals surface area contributed by atoms with Crippen molar-refractivity contribution in [3.63, 3.8) is 0 Å². The molecule has 0 heterocycles. The molecule has 0 aliphatic carbocycles. The summed E-state index contributed by atoms with van der Waals surface area (Å²) >= 11 is 11.9. The van der Waals surface area contributed by atoms with E-state index in [2.05, 4.69) is 5.32 Å². The van der Waals surface area contributed by atoms with Gasteiger partial charge in [-0.3, -0.25) is 9.10 Å². The van der Waals surface area contributed by atoms with Crippen molar-refractivity contribution in [1.82, 2.24) is 5.32 Å². The first-order chi connectivity index (χ1) is 13.8. The summed E-state index contributed by atoms with van der Waals surface area (Å²) in [6.45, 7) is 0.266. The number of nitrogens with one attached hydrogen (secondary N) is 1. The zero-order valence-corrected chi connectivity index (χ0v) is 17.8. The number of benzene rings is 3. The lowest BCUT2D eigenvalue weighted by Crippen LogP contribution is -2.27. The molecule has 0 atom stereocenters. The lowest BCUT2D eigenvalue weighted by Gasteiger charge is -2.20. The highest BCUT2D eigenvalue weighted by Gasteiger charge is 2.22. The quantitative estimate of drug-likeness (QED) is 0.591. The monoisotopic (exact) mass is 448 g/mol. The number of nitrogens with zero attached hydrogens (tertiary/aromatic N) is 1. The summed E-state index contributed by atoms with van der Waals surface area (Å²) in [5, 5.41) is 3.81. The fraction of sp³-hybridized carbons (Fsp3) is 0.0952. The highest BCUT2D eigenvalue weighted by molar-refractivity contribution is 7.92. The Bertz CT molecular complexity index is 1130. The van der Waals surface area contributed by atoms with Crippen LogP contribution in [0, 0.1) is 0 Å². The Morgan fingerprint density at radius 3 is 2.34 bits per heavy atom. The van der Waals surface area contributed by atoms with Crippen LogP contribution >= 0.6 is 23.2 Å². The van der Waals surface area contributed by atoms with Crippen LogP contribution in [0.15, 0.2) is 77.7 Å². The largest absolute Gasteiger partial charge is 0.348 e. The molecule has 0 aliphatic heterocycles. The summed E-state index contributed by atoms with van der Waals surface area (Å²) < 4.78 is 26.8. The number of rotatable bonds is 6. The van der Waals surface area contributed by atoms with Crippen LogP contribution in [0.25, 0.3) is 0 Å². The molecule has 0 fully saturated rings. The number of hydrogen-bond acceptors (Lipinski definition) is 3. The normalized spacial score (nSPS) is 11.1. The van der Waals surface area contributed by atoms with Gasteiger partial charge in [-0.15, -0.1) is 0 Å². The SMILES string of the molecule is CN(c1cccc(C(=O)NCc2ccccc2Cl)c1)S(=O)(=O)c1ccc(Cl)cc1. The van der Waals surface area contributed by atoms with E-state index < -0.39 is 10.0 Å². The van der Waals surface area contributed by atoms with Gasteiger partial charge in [0.1, 0.15) is 0 Å². The van der Waals surface area contributed by atoms with Gasteiger partial charge in [-0.25, -0.2) is 8.42 Å². The van der Waals surface area contributed by atoms with Crippen molar-refractivity contribution >= 4 is 44.8 Å². The average molecular weight is 449 g/mol. The van der Waals surface area contributed by atoms with E-state index in [1.54, 1.807) is 24.3 Å². The molecule has 0 aliphatic rings. The first-order valence-electron chi connectivity index (χ1n) is 8.65. The molecule has 1 amide bonds. The van der Waals surface area contributed by atoms with Gasteiger partial charge >= 0.3 is 0 Å². The minimum atomic E-state index is -3.79. The predicted molar refractivity (Wildman–Crippen MR) is 116 cm³/mol. The standard InChI is InChI=1S/C21H18Cl2N2O3S/c1-25(29(27,28)19-11-9-17(22)10-12-19)18-7-4-6-15(13-18)21(26)24-14-16-5-2-3-8-20(16)23/h2-13H,14H2,1H3,(H,24,26). The Hall–Kier alpha value is -2.54. The smallest absolute Gasteiger partial charge is 0.264 e. The van der Waals surface area contributed by atoms with Crippen molar-refractivity contribution in [2.24, 2.45) is 0 Å². The van der Waals surface area contributed by atoms with E-state index in [1.165, 1.54) is 37.4 Å². The van der Waals surface area contributed by atoms with Gasteiger partial charge in [0, 0.05) is 29.2 Å². The van der Waals surface area contributed by atoms with Crippen LogP contribution in [-0.4, -0.2) is 21.4 Å². The number of anilines is 1. The van der Waals surface area contributed by atoms with E-state index in [1.807, 2.05) is 18.2 Å². The Balaban J connectivity index is 1.78. The maximum absolute atomic E-state index is 12.8. The Labute approximate surface area is 179 Å². The van der Waals surface area contributed by atoms with Crippen LogP contribution in [0.1, 0.15) is 15.9 Å². The molecule has 8 heteroatoms. The van der Waals surface area contributed by atoms with Gasteiger partial charge in [0.15, 0.2) is 0 Å². The number of hydrogen-bond donors (Lipinski definition) is 1. The molecule has 1 N–H and O–H groups in total. The van der Waals surface area contributed by atoms with E-state index in [4.69, 9.17) is 23.2 Å². The first kappa shape index (κ1) is 21.2. The molecule has 0 saturated carbocycles. The second-order valence-corrected chi connectivity index (χ2v) is 9.06. The van der Waals surface area contributed by atoms with Crippen molar-refractivity contribution in [2.75, 3.05) is 11.4 Å². The van der Waals surface area contributed by atoms with Gasteiger partial charge in [0.05, 0.1) is 10.6 Å². The maximum Gasteiger partial charge on any atom is 0.264 e. The zero-order valence-electron chi connectivity index (χ0n) is 15.5. The zero-order chi connectivity index (χ0) is 21.0. The van der Waals surface area contributed by atoms with Crippen LogP contribution in [-0.2, 0) is 16.6 Å². The topological polar surface area (TPSA) is 66.5 Å². The average Bonchev–Trinajstić information content (AvgIpc) is 2.72. The molecule has 0 unspecified atom stereocenters. The minimum absolute atomic E-state index is 0.109. The number of carbonyl (C=O) groups excluding carboxylic acids is 1. The fourth-order valence-electron chi connectivity index (χ4n) is 2.67. The van der Waals surface area contributed by atoms with Crippen LogP contribution in [0.2, 0.25) is 10.0 Å². The van der Waals surface area contributed by atoms with E-state index in [-0.39, 0.29) is 17.3 Å². The van der Waals surface area contributed by atoms with Gasteiger partial charge in [-0.05, 0) is 54.1 Å². The van der Waals surface area contributed by atoms with Gasteiger partial charge in [0.2, 0.25) is 0 Å². The Kier molecular flexibility index (Phi) is 6.47. The number of amides is 1. The summed E-state index contributed by atoms with van der Waals surface area (Å²) in [5.74, 6) is -0.330. The molecular weight excluding hydrogens is 431 g/mol. The number of carbonyl (C=O) groups is 1. The van der Waals surface area contributed by atoms with Crippen molar-refractivity contribution in [2.45, 2.75) is 11.4 Å². The molecule has 3 rings (SSSR count). The van der Waals surface area contributed by atoms with Crippen LogP contribution in [0.4, 0.5) is 5.69 Å². The maximum atomic E-state index is 12.8. The van der Waals surface area contributed by atoms with E-state index >= 15 is 0 Å². The van der Waals surface area contributed by atoms with Crippen molar-refractivity contribution in [1.29, 1.82) is 0 Å². The van der Waals surface area contributed by atoms with Gasteiger partial charge in [0.25, 0.3) is 15.9 Å². The molecule has 3 aromatic rings. The Morgan fingerprint density at radius 1 is 0.966 bits per heavy atom. The third-order valence-corrected chi connectivity index (χ3v) is 6.76. The second kappa shape index (κ2) is 8.86. The minimum Gasteiger partial charge on any atom is -0.348 e. The van der Waals surface area contributed by atoms with Crippen molar-refractivity contribution < 1.29 is 13.2 Å². The number of halogens is 2. The summed E-state index contributed by atoms with van der Waals surface area (Å²) in [6, 6.07) is 19.5. The molecule has 5 nitrogen and oxygen atoms in total. The van der Waals surface area contributed by atoms with Crippen LogP contribution in [0.5, 0.6) is 0 Å². The molecule has 0 saturated heterocycles. The molecular formula is C21H18Cl2N2O3S. The summed E-state index contributed by atoms with van der Waals surface area (Å²) in [5.41, 5.74) is 1.50. The van der Waals surface area contributed by atoms with E-state index in [0.717, 1.165) is 9.87 Å². The first-order valence-corrected chi connectivity index (χ1v) is 10.8. The molecule has 0 bridgehead atoms. The summed E-state index contributed by atoms with van der Waals surface area (Å²) in [7, 11) is -2.35. The lowest BCUT2D eigenvalue weighted by molar-refractivity contribution is 0.0951. The highest BCUT2D eigenvalue weighted by Crippen LogP contribution is 2.24. The van der Waals surface area contributed by atoms with Crippen molar-refractivity contribution in [3.05, 3.63) is 94.0 Å². The third kappa shape index (κ3) is 4.90. The third-order valence-electron chi connectivity index (χ3n) is 4.34. The fourth-order valence-corrected chi connectivity index (χ4v) is 4.18. The summed E-state index contributed by atoms with van der Waals surface area (Å²) in [6.07, 6.45) is 0. The highest BCUT2D eigenvalue weighted by atomic mass is 35.5. The number of sulfonamides is 1. The van der Waals surface area contributed by atoms with Crippen LogP contribution < -0.4 is 9.62 Å². The van der Waals surface area contributed by atoms with Gasteiger partial charge in [-0.1, -0.05) is 47.5 Å². The van der Waals surface area contributed by atoms with Gasteiger partial charge in [-0.2, -0.15) is 0 Å². The molecule has 0 aromatic heterocycles. The molecule has 3 aromatic carbocycles. The van der Waals surface area contributed by atoms with Gasteiger partial charge < -0.3 is 5.32 Å². The Morgan fingerprint density at radius 2 is 1.66 bits per heavy atom. The van der Waals surface area contributed by atoms with E-state index in [0.29, 0.717) is 21.3 Å². The van der Waals surface area contributed by atoms with E-state index in [9.17, 15) is 13.2 Å². The summed E-state index contributed by atoms with van der Waals surface area (Å²) in [4.78, 5) is 12.6. The van der Waals surface area contributed by atoms with Crippen molar-refractivity contribution in [3.8, 4) is 0 Å². The molecule has 0 spiro atoms. The molecule has 29 heavy (non-hydrogen) atoms. The predicted octanol–water partition coefficient (Wildman–Crippen LogP) is 4.75. The molecule has 150 valence electrons. The lowest BCUT2D eigenvalue weighted by atomic mass is 10.1.